The van der Waals surface area contributed by atoms with Crippen LogP contribution in [0.3, 0.4) is 0 Å². The van der Waals surface area contributed by atoms with Gasteiger partial charge in [-0.05, 0) is 55.7 Å². The number of halogens is 2. The second-order valence-electron chi connectivity index (χ2n) is 7.70. The Morgan fingerprint density at radius 3 is 2.53 bits per heavy atom. The number of hydrogen-bond acceptors (Lipinski definition) is 5. The van der Waals surface area contributed by atoms with Crippen LogP contribution in [0.1, 0.15) is 18.4 Å². The highest BCUT2D eigenvalue weighted by atomic mass is 32.2. The van der Waals surface area contributed by atoms with Crippen LogP contribution in [0.15, 0.2) is 56.6 Å². The average Bonchev–Trinajstić information content (AvgIpc) is 2.75. The van der Waals surface area contributed by atoms with Crippen LogP contribution in [0, 0.1) is 24.5 Å². The Morgan fingerprint density at radius 1 is 1.09 bits per heavy atom. The van der Waals surface area contributed by atoms with Crippen molar-refractivity contribution in [1.82, 2.24) is 4.31 Å². The maximum atomic E-state index is 14.0. The van der Waals surface area contributed by atoms with E-state index >= 15 is 0 Å². The fraction of sp³-hybridized carbons (Fsp3) is 0.273. The predicted molar refractivity (Wildman–Crippen MR) is 114 cm³/mol. The zero-order valence-corrected chi connectivity index (χ0v) is 17.9. The third-order valence-electron chi connectivity index (χ3n) is 5.55. The predicted octanol–water partition coefficient (Wildman–Crippen LogP) is 3.42. The Bertz CT molecular complexity index is 1360. The Balaban J connectivity index is 1.44. The first kappa shape index (κ1) is 22.1. The first-order valence-corrected chi connectivity index (χ1v) is 11.4. The van der Waals surface area contributed by atoms with Crippen molar-refractivity contribution in [3.8, 4) is 0 Å². The number of sulfonamides is 1. The number of amides is 1. The van der Waals surface area contributed by atoms with Crippen molar-refractivity contribution in [1.29, 1.82) is 0 Å². The molecule has 0 radical (unpaired) electrons. The second-order valence-corrected chi connectivity index (χ2v) is 9.61. The van der Waals surface area contributed by atoms with Crippen molar-refractivity contribution >= 4 is 32.6 Å². The van der Waals surface area contributed by atoms with E-state index in [2.05, 4.69) is 5.32 Å². The summed E-state index contributed by atoms with van der Waals surface area (Å²) in [6.45, 7) is 1.79. The van der Waals surface area contributed by atoms with Crippen LogP contribution < -0.4 is 10.9 Å². The molecule has 0 spiro atoms. The molecule has 2 heterocycles. The Morgan fingerprint density at radius 2 is 1.81 bits per heavy atom. The third-order valence-corrected chi connectivity index (χ3v) is 7.47. The van der Waals surface area contributed by atoms with E-state index in [9.17, 15) is 26.8 Å². The quantitative estimate of drug-likeness (QED) is 0.600. The van der Waals surface area contributed by atoms with E-state index in [0.29, 0.717) is 17.3 Å². The summed E-state index contributed by atoms with van der Waals surface area (Å²) in [5, 5.41) is 3.52. The van der Waals surface area contributed by atoms with Gasteiger partial charge in [0.2, 0.25) is 15.9 Å². The van der Waals surface area contributed by atoms with Gasteiger partial charge < -0.3 is 9.73 Å². The van der Waals surface area contributed by atoms with Gasteiger partial charge in [0.15, 0.2) is 0 Å². The lowest BCUT2D eigenvalue weighted by Crippen LogP contribution is -2.41. The molecular weight excluding hydrogens is 442 g/mol. The molecule has 1 N–H and O–H groups in total. The number of benzene rings is 2. The first-order chi connectivity index (χ1) is 15.1. The number of carbonyl (C=O) groups is 1. The summed E-state index contributed by atoms with van der Waals surface area (Å²) in [7, 11) is -4.21. The molecular formula is C22H20F2N2O5S. The number of nitrogens with zero attached hydrogens (tertiary/aromatic N) is 1. The molecule has 0 atom stereocenters. The largest absolute Gasteiger partial charge is 0.423 e. The summed E-state index contributed by atoms with van der Waals surface area (Å²) in [5.74, 6) is -2.63. The van der Waals surface area contributed by atoms with Gasteiger partial charge in [-0.3, -0.25) is 4.79 Å². The number of nitrogens with one attached hydrogen (secondary N) is 1. The zero-order chi connectivity index (χ0) is 23.0. The van der Waals surface area contributed by atoms with Gasteiger partial charge >= 0.3 is 5.63 Å². The number of rotatable bonds is 4. The number of carbonyl (C=O) groups excluding carboxylic acids is 1. The number of aryl methyl sites for hydroxylation is 1. The van der Waals surface area contributed by atoms with Crippen molar-refractivity contribution < 1.29 is 26.4 Å². The van der Waals surface area contributed by atoms with Gasteiger partial charge in [-0.25, -0.2) is 22.0 Å². The second kappa shape index (κ2) is 8.44. The summed E-state index contributed by atoms with van der Waals surface area (Å²) in [6.07, 6.45) is 0.452. The molecule has 1 aromatic heterocycles. The molecule has 10 heteroatoms. The Labute approximate surface area is 182 Å². The van der Waals surface area contributed by atoms with Crippen molar-refractivity contribution in [2.75, 3.05) is 18.4 Å². The lowest BCUT2D eigenvalue weighted by molar-refractivity contribution is -0.120. The van der Waals surface area contributed by atoms with Crippen LogP contribution >= 0.6 is 0 Å². The normalized spacial score (nSPS) is 15.7. The minimum atomic E-state index is -4.21. The highest BCUT2D eigenvalue weighted by molar-refractivity contribution is 7.89. The van der Waals surface area contributed by atoms with E-state index in [0.717, 1.165) is 27.4 Å². The molecule has 0 unspecified atom stereocenters. The van der Waals surface area contributed by atoms with E-state index in [4.69, 9.17) is 4.42 Å². The van der Waals surface area contributed by atoms with Gasteiger partial charge in [0.25, 0.3) is 0 Å². The minimum absolute atomic E-state index is 0.00215. The maximum absolute atomic E-state index is 14.0. The summed E-state index contributed by atoms with van der Waals surface area (Å²) >= 11 is 0. The minimum Gasteiger partial charge on any atom is -0.423 e. The van der Waals surface area contributed by atoms with E-state index < -0.39 is 38.1 Å². The van der Waals surface area contributed by atoms with Crippen LogP contribution in [0.2, 0.25) is 0 Å². The zero-order valence-electron chi connectivity index (χ0n) is 17.1. The summed E-state index contributed by atoms with van der Waals surface area (Å²) < 4.78 is 59.0. The van der Waals surface area contributed by atoms with Crippen LogP contribution in [-0.4, -0.2) is 31.7 Å². The van der Waals surface area contributed by atoms with Gasteiger partial charge in [0, 0.05) is 42.2 Å². The highest BCUT2D eigenvalue weighted by Crippen LogP contribution is 2.27. The van der Waals surface area contributed by atoms with E-state index in [1.807, 2.05) is 0 Å². The van der Waals surface area contributed by atoms with Crippen molar-refractivity contribution in [3.05, 3.63) is 70.1 Å². The molecule has 32 heavy (non-hydrogen) atoms. The van der Waals surface area contributed by atoms with Gasteiger partial charge in [-0.1, -0.05) is 0 Å². The topological polar surface area (TPSA) is 96.7 Å². The lowest BCUT2D eigenvalue weighted by Gasteiger charge is -2.30. The molecule has 1 fully saturated rings. The molecule has 168 valence electrons. The fourth-order valence-electron chi connectivity index (χ4n) is 3.82. The molecule has 0 bridgehead atoms. The van der Waals surface area contributed by atoms with E-state index in [1.165, 1.54) is 6.07 Å². The van der Waals surface area contributed by atoms with E-state index in [1.54, 1.807) is 25.1 Å². The molecule has 1 amide bonds. The summed E-state index contributed by atoms with van der Waals surface area (Å²) in [5.41, 5.74) is 1.08. The number of piperidine rings is 1. The molecule has 1 aliphatic rings. The van der Waals surface area contributed by atoms with Gasteiger partial charge in [-0.15, -0.1) is 0 Å². The standard InChI is InChI=1S/C22H20F2N2O5S/c1-13-10-21(27)31-19-12-16(3-4-17(13)19)25-22(28)14-6-8-26(9-7-14)32(29,30)20-11-15(23)2-5-18(20)24/h2-5,10-12,14H,6-9H2,1H3,(H,25,28). The van der Waals surface area contributed by atoms with Crippen LogP contribution in [0.5, 0.6) is 0 Å². The molecule has 1 saturated heterocycles. The first-order valence-electron chi connectivity index (χ1n) is 9.96. The maximum Gasteiger partial charge on any atom is 0.336 e. The lowest BCUT2D eigenvalue weighted by atomic mass is 9.97. The van der Waals surface area contributed by atoms with Crippen LogP contribution in [-0.2, 0) is 14.8 Å². The average molecular weight is 462 g/mol. The Kier molecular flexibility index (Phi) is 5.83. The third kappa shape index (κ3) is 4.28. The monoisotopic (exact) mass is 462 g/mol. The fourth-order valence-corrected chi connectivity index (χ4v) is 5.36. The smallest absolute Gasteiger partial charge is 0.336 e. The van der Waals surface area contributed by atoms with Crippen molar-refractivity contribution in [2.24, 2.45) is 5.92 Å². The van der Waals surface area contributed by atoms with Gasteiger partial charge in [0.05, 0.1) is 0 Å². The molecule has 0 saturated carbocycles. The molecule has 4 rings (SSSR count). The van der Waals surface area contributed by atoms with Crippen molar-refractivity contribution in [3.63, 3.8) is 0 Å². The van der Waals surface area contributed by atoms with Gasteiger partial charge in [0.1, 0.15) is 22.1 Å². The van der Waals surface area contributed by atoms with Gasteiger partial charge in [-0.2, -0.15) is 4.31 Å². The molecule has 1 aliphatic heterocycles. The van der Waals surface area contributed by atoms with Crippen LogP contribution in [0.25, 0.3) is 11.0 Å². The number of fused-ring (bicyclic) bond motifs is 1. The van der Waals surface area contributed by atoms with Crippen molar-refractivity contribution in [2.45, 2.75) is 24.7 Å². The Hall–Kier alpha value is -3.11. The highest BCUT2D eigenvalue weighted by Gasteiger charge is 2.33. The molecule has 3 aromatic rings. The molecule has 2 aromatic carbocycles. The summed E-state index contributed by atoms with van der Waals surface area (Å²) in [4.78, 5) is 23.6. The van der Waals surface area contributed by atoms with E-state index in [-0.39, 0.29) is 31.8 Å². The molecule has 0 aliphatic carbocycles. The number of hydrogen-bond donors (Lipinski definition) is 1. The number of anilines is 1. The summed E-state index contributed by atoms with van der Waals surface area (Å²) in [6, 6.07) is 8.67. The van der Waals surface area contributed by atoms with Crippen LogP contribution in [0.4, 0.5) is 14.5 Å². The molecule has 7 nitrogen and oxygen atoms in total. The SMILES string of the molecule is Cc1cc(=O)oc2cc(NC(=O)C3CCN(S(=O)(=O)c4cc(F)ccc4F)CC3)ccc12.